The zero-order valence-electron chi connectivity index (χ0n) is 16.7. The van der Waals surface area contributed by atoms with Gasteiger partial charge in [-0.25, -0.2) is 4.79 Å². The average Bonchev–Trinajstić information content (AvgIpc) is 2.78. The summed E-state index contributed by atoms with van der Waals surface area (Å²) < 4.78 is 38.0. The molecule has 3 aromatic carbocycles. The highest BCUT2D eigenvalue weighted by molar-refractivity contribution is 5.87. The van der Waals surface area contributed by atoms with E-state index in [9.17, 15) is 33.0 Å². The molecule has 0 aliphatic carbocycles. The number of hydrogen-bond acceptors (Lipinski definition) is 3. The van der Waals surface area contributed by atoms with Crippen molar-refractivity contribution in [3.8, 4) is 11.1 Å². The number of carbonyl (C=O) groups is 2. The highest BCUT2D eigenvalue weighted by atomic mass is 19.4. The molecule has 0 unspecified atom stereocenters. The SMILES string of the molecule is O=C(N[C@H](Cc1ccc(-c2ccccc2)cc1)C(=O)O)[C@@H](O)c1ccc(C(F)(F)F)cc1. The van der Waals surface area contributed by atoms with Gasteiger partial charge >= 0.3 is 12.1 Å². The van der Waals surface area contributed by atoms with Crippen molar-refractivity contribution in [2.75, 3.05) is 0 Å². The number of carboxylic acids is 1. The van der Waals surface area contributed by atoms with E-state index in [2.05, 4.69) is 5.32 Å². The first-order valence-corrected chi connectivity index (χ1v) is 9.68. The predicted molar refractivity (Wildman–Crippen MR) is 112 cm³/mol. The smallest absolute Gasteiger partial charge is 0.416 e. The van der Waals surface area contributed by atoms with Gasteiger partial charge in [0, 0.05) is 6.42 Å². The largest absolute Gasteiger partial charge is 0.480 e. The van der Waals surface area contributed by atoms with Crippen molar-refractivity contribution in [2.45, 2.75) is 24.7 Å². The number of aliphatic hydroxyl groups is 1. The lowest BCUT2D eigenvalue weighted by molar-refractivity contribution is -0.143. The predicted octanol–water partition coefficient (Wildman–Crippen LogP) is 4.22. The fourth-order valence-corrected chi connectivity index (χ4v) is 3.16. The summed E-state index contributed by atoms with van der Waals surface area (Å²) in [5.74, 6) is -2.32. The normalized spacial score (nSPS) is 13.2. The molecule has 0 radical (unpaired) electrons. The van der Waals surface area contributed by atoms with Crippen molar-refractivity contribution < 1.29 is 33.0 Å². The number of alkyl halides is 3. The lowest BCUT2D eigenvalue weighted by atomic mass is 10.00. The summed E-state index contributed by atoms with van der Waals surface area (Å²) >= 11 is 0. The Morgan fingerprint density at radius 1 is 0.844 bits per heavy atom. The van der Waals surface area contributed by atoms with Crippen molar-refractivity contribution in [3.05, 3.63) is 95.6 Å². The third kappa shape index (κ3) is 5.73. The highest BCUT2D eigenvalue weighted by Crippen LogP contribution is 2.30. The first-order valence-electron chi connectivity index (χ1n) is 9.68. The molecular weight excluding hydrogens is 423 g/mol. The van der Waals surface area contributed by atoms with Crippen molar-refractivity contribution in [1.82, 2.24) is 5.32 Å². The van der Waals surface area contributed by atoms with Crippen LogP contribution in [0.3, 0.4) is 0 Å². The minimum Gasteiger partial charge on any atom is -0.480 e. The van der Waals surface area contributed by atoms with E-state index in [0.717, 1.165) is 35.4 Å². The molecule has 0 saturated carbocycles. The molecule has 0 saturated heterocycles. The molecule has 1 amide bonds. The molecule has 0 aliphatic rings. The molecule has 2 atom stereocenters. The van der Waals surface area contributed by atoms with Crippen molar-refractivity contribution in [3.63, 3.8) is 0 Å². The number of aliphatic hydroxyl groups excluding tert-OH is 1. The average molecular weight is 443 g/mol. The number of aliphatic carboxylic acids is 1. The molecule has 166 valence electrons. The Labute approximate surface area is 182 Å². The summed E-state index contributed by atoms with van der Waals surface area (Å²) in [5, 5.41) is 21.9. The van der Waals surface area contributed by atoms with Crippen LogP contribution in [0.25, 0.3) is 11.1 Å². The van der Waals surface area contributed by atoms with Gasteiger partial charge in [-0.05, 0) is 34.4 Å². The van der Waals surface area contributed by atoms with Gasteiger partial charge in [0.15, 0.2) is 6.10 Å². The summed E-state index contributed by atoms with van der Waals surface area (Å²) in [6, 6.07) is 18.9. The maximum Gasteiger partial charge on any atom is 0.416 e. The zero-order chi connectivity index (χ0) is 23.3. The number of rotatable bonds is 7. The fourth-order valence-electron chi connectivity index (χ4n) is 3.16. The van der Waals surface area contributed by atoms with Gasteiger partial charge in [0.25, 0.3) is 5.91 Å². The van der Waals surface area contributed by atoms with Crippen LogP contribution in [0.4, 0.5) is 13.2 Å². The molecule has 32 heavy (non-hydrogen) atoms. The first-order chi connectivity index (χ1) is 15.1. The number of halogens is 3. The van der Waals surface area contributed by atoms with Gasteiger partial charge in [0.2, 0.25) is 0 Å². The second-order valence-electron chi connectivity index (χ2n) is 7.19. The second-order valence-corrected chi connectivity index (χ2v) is 7.19. The molecule has 0 fully saturated rings. The van der Waals surface area contributed by atoms with Crippen LogP contribution >= 0.6 is 0 Å². The summed E-state index contributed by atoms with van der Waals surface area (Å²) in [6.07, 6.45) is -6.38. The fraction of sp³-hybridized carbons (Fsp3) is 0.167. The number of benzene rings is 3. The van der Waals surface area contributed by atoms with Crippen molar-refractivity contribution in [2.24, 2.45) is 0 Å². The zero-order valence-corrected chi connectivity index (χ0v) is 16.7. The van der Waals surface area contributed by atoms with Crippen LogP contribution in [-0.2, 0) is 22.2 Å². The van der Waals surface area contributed by atoms with E-state index in [0.29, 0.717) is 5.56 Å². The maximum absolute atomic E-state index is 12.7. The number of hydrogen-bond donors (Lipinski definition) is 3. The first kappa shape index (κ1) is 23.0. The van der Waals surface area contributed by atoms with Gasteiger partial charge in [-0.15, -0.1) is 0 Å². The number of nitrogens with one attached hydrogen (secondary N) is 1. The molecule has 3 rings (SSSR count). The van der Waals surface area contributed by atoms with E-state index in [-0.39, 0.29) is 12.0 Å². The Kier molecular flexibility index (Phi) is 6.95. The van der Waals surface area contributed by atoms with Crippen LogP contribution < -0.4 is 5.32 Å². The lowest BCUT2D eigenvalue weighted by Crippen LogP contribution is -2.44. The topological polar surface area (TPSA) is 86.6 Å². The van der Waals surface area contributed by atoms with Gasteiger partial charge in [-0.1, -0.05) is 66.7 Å². The molecular formula is C24H20F3NO4. The van der Waals surface area contributed by atoms with Crippen LogP contribution in [0.15, 0.2) is 78.9 Å². The van der Waals surface area contributed by atoms with E-state index >= 15 is 0 Å². The Bertz CT molecular complexity index is 1070. The third-order valence-corrected chi connectivity index (χ3v) is 4.92. The monoisotopic (exact) mass is 443 g/mol. The third-order valence-electron chi connectivity index (χ3n) is 4.92. The molecule has 5 nitrogen and oxygen atoms in total. The quantitative estimate of drug-likeness (QED) is 0.511. The number of amides is 1. The van der Waals surface area contributed by atoms with Gasteiger partial charge in [-0.3, -0.25) is 4.79 Å². The van der Waals surface area contributed by atoms with Crippen molar-refractivity contribution in [1.29, 1.82) is 0 Å². The molecule has 3 N–H and O–H groups in total. The van der Waals surface area contributed by atoms with Crippen LogP contribution in [0, 0.1) is 0 Å². The molecule has 0 heterocycles. The molecule has 0 bridgehead atoms. The van der Waals surface area contributed by atoms with Gasteiger partial charge < -0.3 is 15.5 Å². The number of carbonyl (C=O) groups excluding carboxylic acids is 1. The molecule has 0 aromatic heterocycles. The Morgan fingerprint density at radius 2 is 1.41 bits per heavy atom. The van der Waals surface area contributed by atoms with Crippen LogP contribution in [0.5, 0.6) is 0 Å². The lowest BCUT2D eigenvalue weighted by Gasteiger charge is -2.18. The van der Waals surface area contributed by atoms with Crippen LogP contribution in [0.2, 0.25) is 0 Å². The summed E-state index contributed by atoms with van der Waals surface area (Å²) in [6.45, 7) is 0. The minimum absolute atomic E-state index is 0.0319. The van der Waals surface area contributed by atoms with E-state index < -0.39 is 35.8 Å². The van der Waals surface area contributed by atoms with E-state index in [1.165, 1.54) is 0 Å². The molecule has 0 aliphatic heterocycles. The summed E-state index contributed by atoms with van der Waals surface area (Å²) in [5.41, 5.74) is 1.61. The van der Waals surface area contributed by atoms with E-state index in [1.807, 2.05) is 42.5 Å². The second kappa shape index (κ2) is 9.65. The molecule has 3 aromatic rings. The van der Waals surface area contributed by atoms with Crippen LogP contribution in [-0.4, -0.2) is 28.1 Å². The van der Waals surface area contributed by atoms with Crippen molar-refractivity contribution >= 4 is 11.9 Å². The van der Waals surface area contributed by atoms with Crippen LogP contribution in [0.1, 0.15) is 22.8 Å². The van der Waals surface area contributed by atoms with Gasteiger partial charge in [0.1, 0.15) is 6.04 Å². The number of carboxylic acid groups (broad SMARTS) is 1. The molecule has 8 heteroatoms. The van der Waals surface area contributed by atoms with Gasteiger partial charge in [0.05, 0.1) is 5.56 Å². The highest BCUT2D eigenvalue weighted by Gasteiger charge is 2.31. The summed E-state index contributed by atoms with van der Waals surface area (Å²) in [7, 11) is 0. The maximum atomic E-state index is 12.7. The minimum atomic E-state index is -4.55. The Morgan fingerprint density at radius 3 is 1.94 bits per heavy atom. The molecule has 0 spiro atoms. The van der Waals surface area contributed by atoms with Gasteiger partial charge in [-0.2, -0.15) is 13.2 Å². The van der Waals surface area contributed by atoms with E-state index in [1.54, 1.807) is 12.1 Å². The Hall–Kier alpha value is -3.65. The Balaban J connectivity index is 1.67. The van der Waals surface area contributed by atoms with E-state index in [4.69, 9.17) is 0 Å². The standard InChI is InChI=1S/C24H20F3NO4/c25-24(26,27)19-12-10-18(11-13-19)21(29)22(30)28-20(23(31)32)14-15-6-8-17(9-7-15)16-4-2-1-3-5-16/h1-13,20-21,29H,14H2,(H,28,30)(H,31,32)/t20-,21+/m1/s1. The summed E-state index contributed by atoms with van der Waals surface area (Å²) in [4.78, 5) is 23.9.